The Morgan fingerprint density at radius 1 is 1.42 bits per heavy atom. The predicted molar refractivity (Wildman–Crippen MR) is 76.5 cm³/mol. The summed E-state index contributed by atoms with van der Waals surface area (Å²) in [5.41, 5.74) is 3.17. The maximum atomic E-state index is 12.5. The smallest absolute Gasteiger partial charge is 0.270 e. The fourth-order valence-electron chi connectivity index (χ4n) is 2.14. The largest absolute Gasteiger partial charge is 0.346 e. The Labute approximate surface area is 113 Å². The monoisotopic (exact) mass is 259 g/mol. The van der Waals surface area contributed by atoms with E-state index in [-0.39, 0.29) is 11.4 Å². The van der Waals surface area contributed by atoms with E-state index < -0.39 is 0 Å². The molecule has 0 saturated heterocycles. The van der Waals surface area contributed by atoms with Crippen molar-refractivity contribution in [3.63, 3.8) is 0 Å². The molecule has 2 rings (SSSR count). The van der Waals surface area contributed by atoms with Gasteiger partial charge in [-0.25, -0.2) is 4.98 Å². The van der Waals surface area contributed by atoms with Gasteiger partial charge in [-0.3, -0.25) is 9.20 Å². The molecule has 0 spiro atoms. The molecule has 0 atom stereocenters. The van der Waals surface area contributed by atoms with Crippen LogP contribution in [0.2, 0.25) is 0 Å². The van der Waals surface area contributed by atoms with Crippen LogP contribution in [0, 0.1) is 6.92 Å². The zero-order chi connectivity index (χ0) is 14.2. The number of imidazole rings is 1. The summed E-state index contributed by atoms with van der Waals surface area (Å²) in [5.74, 6) is -0.0672. The number of nitrogens with zero attached hydrogens (tertiary/aromatic N) is 2. The molecule has 0 saturated carbocycles. The number of rotatable bonds is 2. The van der Waals surface area contributed by atoms with E-state index in [0.29, 0.717) is 5.69 Å². The summed E-state index contributed by atoms with van der Waals surface area (Å²) >= 11 is 0. The van der Waals surface area contributed by atoms with Crippen molar-refractivity contribution < 1.29 is 4.79 Å². The Morgan fingerprint density at radius 3 is 2.68 bits per heavy atom. The SMILES string of the molecule is CCc1nc2c(C)cccn2c1C(=O)NC(C)(C)C. The minimum Gasteiger partial charge on any atom is -0.346 e. The van der Waals surface area contributed by atoms with Crippen molar-refractivity contribution in [2.75, 3.05) is 0 Å². The Hall–Kier alpha value is -1.84. The molecule has 0 aliphatic rings. The van der Waals surface area contributed by atoms with E-state index in [0.717, 1.165) is 23.3 Å². The molecule has 2 heterocycles. The summed E-state index contributed by atoms with van der Waals surface area (Å²) in [7, 11) is 0. The number of aryl methyl sites for hydroxylation is 2. The van der Waals surface area contributed by atoms with E-state index >= 15 is 0 Å². The van der Waals surface area contributed by atoms with Crippen molar-refractivity contribution in [3.8, 4) is 0 Å². The lowest BCUT2D eigenvalue weighted by Crippen LogP contribution is -2.41. The summed E-state index contributed by atoms with van der Waals surface area (Å²) in [6.07, 6.45) is 2.64. The molecule has 0 aliphatic heterocycles. The van der Waals surface area contributed by atoms with Gasteiger partial charge >= 0.3 is 0 Å². The minimum absolute atomic E-state index is 0.0672. The number of fused-ring (bicyclic) bond motifs is 1. The molecule has 1 N–H and O–H groups in total. The Morgan fingerprint density at radius 2 is 2.11 bits per heavy atom. The van der Waals surface area contributed by atoms with Crippen LogP contribution in [0.5, 0.6) is 0 Å². The number of hydrogen-bond donors (Lipinski definition) is 1. The Bertz CT molecular complexity index is 620. The highest BCUT2D eigenvalue weighted by Crippen LogP contribution is 2.17. The number of pyridine rings is 1. The summed E-state index contributed by atoms with van der Waals surface area (Å²) < 4.78 is 1.88. The van der Waals surface area contributed by atoms with Crippen molar-refractivity contribution in [2.45, 2.75) is 46.6 Å². The van der Waals surface area contributed by atoms with E-state index in [1.807, 2.05) is 57.3 Å². The average molecular weight is 259 g/mol. The molecular weight excluding hydrogens is 238 g/mol. The molecule has 19 heavy (non-hydrogen) atoms. The molecule has 0 bridgehead atoms. The third-order valence-corrected chi connectivity index (χ3v) is 2.96. The molecule has 0 fully saturated rings. The second-order valence-corrected chi connectivity index (χ2v) is 5.85. The molecule has 2 aromatic heterocycles. The first kappa shape index (κ1) is 13.6. The first-order valence-corrected chi connectivity index (χ1v) is 6.62. The van der Waals surface area contributed by atoms with E-state index in [2.05, 4.69) is 10.3 Å². The van der Waals surface area contributed by atoms with Crippen LogP contribution in [0.25, 0.3) is 5.65 Å². The molecule has 4 nitrogen and oxygen atoms in total. The average Bonchev–Trinajstić information content (AvgIpc) is 2.66. The van der Waals surface area contributed by atoms with Crippen LogP contribution in [0.1, 0.15) is 49.4 Å². The van der Waals surface area contributed by atoms with E-state index in [1.54, 1.807) is 0 Å². The standard InChI is InChI=1S/C15H21N3O/c1-6-11-12(14(19)17-15(3,4)5)18-9-7-8-10(2)13(18)16-11/h7-9H,6H2,1-5H3,(H,17,19). The first-order valence-electron chi connectivity index (χ1n) is 6.62. The van der Waals surface area contributed by atoms with Gasteiger partial charge in [-0.05, 0) is 45.7 Å². The van der Waals surface area contributed by atoms with Gasteiger partial charge in [0.2, 0.25) is 0 Å². The number of carbonyl (C=O) groups is 1. The summed E-state index contributed by atoms with van der Waals surface area (Å²) in [5, 5.41) is 3.01. The quantitative estimate of drug-likeness (QED) is 0.901. The van der Waals surface area contributed by atoms with Crippen molar-refractivity contribution in [1.29, 1.82) is 0 Å². The normalized spacial score (nSPS) is 11.8. The summed E-state index contributed by atoms with van der Waals surface area (Å²) in [6, 6.07) is 3.95. The van der Waals surface area contributed by atoms with Crippen LogP contribution < -0.4 is 5.32 Å². The fraction of sp³-hybridized carbons (Fsp3) is 0.467. The lowest BCUT2D eigenvalue weighted by molar-refractivity contribution is 0.0912. The maximum Gasteiger partial charge on any atom is 0.270 e. The lowest BCUT2D eigenvalue weighted by atomic mass is 10.1. The number of carbonyl (C=O) groups excluding carboxylic acids is 1. The van der Waals surface area contributed by atoms with Crippen LogP contribution in [-0.4, -0.2) is 20.8 Å². The first-order chi connectivity index (χ1) is 8.83. The third-order valence-electron chi connectivity index (χ3n) is 2.96. The van der Waals surface area contributed by atoms with Crippen LogP contribution in [-0.2, 0) is 6.42 Å². The zero-order valence-corrected chi connectivity index (χ0v) is 12.2. The van der Waals surface area contributed by atoms with E-state index in [9.17, 15) is 4.79 Å². The highest BCUT2D eigenvalue weighted by molar-refractivity contribution is 5.95. The van der Waals surface area contributed by atoms with E-state index in [4.69, 9.17) is 0 Å². The van der Waals surface area contributed by atoms with Gasteiger partial charge in [-0.15, -0.1) is 0 Å². The molecular formula is C15H21N3O. The molecule has 4 heteroatoms. The lowest BCUT2D eigenvalue weighted by Gasteiger charge is -2.20. The number of hydrogen-bond acceptors (Lipinski definition) is 2. The molecule has 102 valence electrons. The van der Waals surface area contributed by atoms with Gasteiger partial charge in [0, 0.05) is 11.7 Å². The molecule has 1 amide bonds. The van der Waals surface area contributed by atoms with Crippen LogP contribution >= 0.6 is 0 Å². The van der Waals surface area contributed by atoms with Gasteiger partial charge < -0.3 is 5.32 Å². The third kappa shape index (κ3) is 2.62. The highest BCUT2D eigenvalue weighted by atomic mass is 16.2. The molecule has 2 aromatic rings. The molecule has 0 radical (unpaired) electrons. The zero-order valence-electron chi connectivity index (χ0n) is 12.2. The second-order valence-electron chi connectivity index (χ2n) is 5.85. The maximum absolute atomic E-state index is 12.5. The van der Waals surface area contributed by atoms with Gasteiger partial charge in [-0.1, -0.05) is 13.0 Å². The van der Waals surface area contributed by atoms with Gasteiger partial charge in [-0.2, -0.15) is 0 Å². The van der Waals surface area contributed by atoms with E-state index in [1.165, 1.54) is 0 Å². The Kier molecular flexibility index (Phi) is 3.35. The molecule has 0 aromatic carbocycles. The van der Waals surface area contributed by atoms with Gasteiger partial charge in [0.05, 0.1) is 5.69 Å². The van der Waals surface area contributed by atoms with Crippen molar-refractivity contribution >= 4 is 11.6 Å². The van der Waals surface area contributed by atoms with Crippen LogP contribution in [0.15, 0.2) is 18.3 Å². The van der Waals surface area contributed by atoms with Crippen LogP contribution in [0.4, 0.5) is 0 Å². The highest BCUT2D eigenvalue weighted by Gasteiger charge is 2.22. The van der Waals surface area contributed by atoms with Crippen molar-refractivity contribution in [2.24, 2.45) is 0 Å². The summed E-state index contributed by atoms with van der Waals surface area (Å²) in [6.45, 7) is 9.96. The van der Waals surface area contributed by atoms with Crippen molar-refractivity contribution in [3.05, 3.63) is 35.3 Å². The van der Waals surface area contributed by atoms with Gasteiger partial charge in [0.25, 0.3) is 5.91 Å². The molecule has 0 aliphatic carbocycles. The topological polar surface area (TPSA) is 46.4 Å². The molecule has 0 unspecified atom stereocenters. The minimum atomic E-state index is -0.254. The van der Waals surface area contributed by atoms with Crippen LogP contribution in [0.3, 0.4) is 0 Å². The predicted octanol–water partition coefficient (Wildman–Crippen LogP) is 2.73. The van der Waals surface area contributed by atoms with Gasteiger partial charge in [0.1, 0.15) is 11.3 Å². The Balaban J connectivity index is 2.58. The second kappa shape index (κ2) is 4.68. The fourth-order valence-corrected chi connectivity index (χ4v) is 2.14. The number of aromatic nitrogens is 2. The number of amides is 1. The summed E-state index contributed by atoms with van der Waals surface area (Å²) in [4.78, 5) is 17.0. The van der Waals surface area contributed by atoms with Crippen molar-refractivity contribution in [1.82, 2.24) is 14.7 Å². The van der Waals surface area contributed by atoms with Gasteiger partial charge in [0.15, 0.2) is 0 Å². The number of nitrogens with one attached hydrogen (secondary N) is 1.